The molecular formula is C13H18N5O5PS. The van der Waals surface area contributed by atoms with E-state index in [1.165, 1.54) is 19.3 Å². The Labute approximate surface area is 148 Å². The number of ether oxygens (including phenoxy) is 2. The van der Waals surface area contributed by atoms with Gasteiger partial charge in [0.25, 0.3) is 0 Å². The maximum atomic E-state index is 10.7. The third-order valence-corrected chi connectivity index (χ3v) is 5.60. The Morgan fingerprint density at radius 1 is 1.48 bits per heavy atom. The summed E-state index contributed by atoms with van der Waals surface area (Å²) in [5, 5.41) is 10.7. The minimum Gasteiger partial charge on any atom is -0.387 e. The largest absolute Gasteiger partial charge is 0.387 e. The third-order valence-electron chi connectivity index (χ3n) is 4.67. The van der Waals surface area contributed by atoms with Crippen molar-refractivity contribution in [3.05, 3.63) is 12.7 Å². The summed E-state index contributed by atoms with van der Waals surface area (Å²) < 4.78 is 19.1. The SMILES string of the molecule is C[C@@H]1O[C@H]2C(O)[C@@]1(COP(C)(O)=S)O[C@H]2n1cnc2c(N)ncnc21. The molecule has 0 radical (unpaired) electrons. The summed E-state index contributed by atoms with van der Waals surface area (Å²) in [6, 6.07) is 0. The lowest BCUT2D eigenvalue weighted by Gasteiger charge is -2.36. The van der Waals surface area contributed by atoms with Crippen molar-refractivity contribution >= 4 is 35.3 Å². The molecule has 6 atom stereocenters. The number of fused-ring (bicyclic) bond motifs is 3. The van der Waals surface area contributed by atoms with E-state index in [2.05, 4.69) is 15.0 Å². The third kappa shape index (κ3) is 2.58. The minimum absolute atomic E-state index is 0.0731. The van der Waals surface area contributed by atoms with Gasteiger partial charge in [0.1, 0.15) is 29.7 Å². The number of hydrogen-bond acceptors (Lipinski definition) is 9. The van der Waals surface area contributed by atoms with Crippen LogP contribution >= 0.6 is 6.49 Å². The predicted molar refractivity (Wildman–Crippen MR) is 91.3 cm³/mol. The molecule has 2 aliphatic heterocycles. The number of aliphatic hydroxyl groups is 1. The molecule has 0 spiro atoms. The summed E-state index contributed by atoms with van der Waals surface area (Å²) in [5.41, 5.74) is 5.60. The zero-order valence-corrected chi connectivity index (χ0v) is 15.2. The highest BCUT2D eigenvalue weighted by Crippen LogP contribution is 2.51. The molecule has 10 nitrogen and oxygen atoms in total. The van der Waals surface area contributed by atoms with Crippen molar-refractivity contribution in [2.45, 2.75) is 37.1 Å². The van der Waals surface area contributed by atoms with Gasteiger partial charge in [0.15, 0.2) is 24.2 Å². The highest BCUT2D eigenvalue weighted by Gasteiger charge is 2.66. The smallest absolute Gasteiger partial charge is 0.183 e. The molecule has 4 rings (SSSR count). The van der Waals surface area contributed by atoms with Crippen molar-refractivity contribution in [1.29, 1.82) is 0 Å². The quantitative estimate of drug-likeness (QED) is 0.603. The average Bonchev–Trinajstić information content (AvgIpc) is 3.14. The van der Waals surface area contributed by atoms with Crippen LogP contribution in [0, 0.1) is 0 Å². The molecule has 2 aromatic rings. The maximum absolute atomic E-state index is 10.7. The summed E-state index contributed by atoms with van der Waals surface area (Å²) in [7, 11) is 0. The Bertz CT molecular complexity index is 874. The Balaban J connectivity index is 1.69. The molecule has 25 heavy (non-hydrogen) atoms. The van der Waals surface area contributed by atoms with Gasteiger partial charge >= 0.3 is 0 Å². The zero-order chi connectivity index (χ0) is 18.0. The fourth-order valence-electron chi connectivity index (χ4n) is 3.35. The van der Waals surface area contributed by atoms with Crippen LogP contribution in [-0.4, -0.2) is 66.7 Å². The Morgan fingerprint density at radius 2 is 2.24 bits per heavy atom. The molecule has 2 unspecified atom stereocenters. The van der Waals surface area contributed by atoms with Gasteiger partial charge in [-0.2, -0.15) is 0 Å². The van der Waals surface area contributed by atoms with E-state index in [0.717, 1.165) is 0 Å². The molecule has 2 aliphatic rings. The number of nitrogen functional groups attached to an aromatic ring is 1. The fraction of sp³-hybridized carbons (Fsp3) is 0.615. The summed E-state index contributed by atoms with van der Waals surface area (Å²) in [5.74, 6) is 0.256. The molecule has 2 saturated heterocycles. The van der Waals surface area contributed by atoms with Crippen LogP contribution in [0.5, 0.6) is 0 Å². The summed E-state index contributed by atoms with van der Waals surface area (Å²) in [4.78, 5) is 22.1. The minimum atomic E-state index is -2.90. The molecule has 4 N–H and O–H groups in total. The van der Waals surface area contributed by atoms with Gasteiger partial charge in [-0.25, -0.2) is 15.0 Å². The van der Waals surface area contributed by atoms with E-state index >= 15 is 0 Å². The van der Waals surface area contributed by atoms with Crippen molar-refractivity contribution in [2.75, 3.05) is 19.0 Å². The molecule has 2 fully saturated rings. The number of aliphatic hydroxyl groups excluding tert-OH is 1. The Morgan fingerprint density at radius 3 is 2.96 bits per heavy atom. The first-order valence-corrected chi connectivity index (χ1v) is 10.7. The first kappa shape index (κ1) is 17.2. The first-order chi connectivity index (χ1) is 11.7. The van der Waals surface area contributed by atoms with Crippen LogP contribution in [0.15, 0.2) is 12.7 Å². The number of nitrogens with two attached hydrogens (primary N) is 1. The Hall–Kier alpha value is -1.20. The van der Waals surface area contributed by atoms with Crippen molar-refractivity contribution in [3.63, 3.8) is 0 Å². The highest BCUT2D eigenvalue weighted by atomic mass is 32.5. The summed E-state index contributed by atoms with van der Waals surface area (Å²) >= 11 is 4.92. The topological polar surface area (TPSA) is 138 Å². The summed E-state index contributed by atoms with van der Waals surface area (Å²) in [6.07, 6.45) is 0.168. The van der Waals surface area contributed by atoms with Crippen molar-refractivity contribution < 1.29 is 24.0 Å². The second-order valence-corrected chi connectivity index (χ2v) is 10.2. The number of imidazole rings is 1. The molecule has 0 aliphatic carbocycles. The number of hydrogen-bond donors (Lipinski definition) is 3. The number of rotatable bonds is 4. The lowest BCUT2D eigenvalue weighted by molar-refractivity contribution is -0.214. The summed E-state index contributed by atoms with van der Waals surface area (Å²) in [6.45, 7) is 0.250. The van der Waals surface area contributed by atoms with Crippen molar-refractivity contribution in [1.82, 2.24) is 19.5 Å². The molecule has 0 amide bonds. The van der Waals surface area contributed by atoms with Gasteiger partial charge in [0.05, 0.1) is 19.0 Å². The van der Waals surface area contributed by atoms with Gasteiger partial charge in [-0.3, -0.25) is 4.57 Å². The van der Waals surface area contributed by atoms with E-state index in [-0.39, 0.29) is 12.4 Å². The van der Waals surface area contributed by atoms with E-state index in [1.807, 2.05) is 0 Å². The van der Waals surface area contributed by atoms with Crippen LogP contribution in [0.4, 0.5) is 5.82 Å². The maximum Gasteiger partial charge on any atom is 0.183 e. The van der Waals surface area contributed by atoms with Crippen LogP contribution in [0.1, 0.15) is 13.2 Å². The number of nitrogens with zero attached hydrogens (tertiary/aromatic N) is 4. The van der Waals surface area contributed by atoms with Crippen LogP contribution in [0.2, 0.25) is 0 Å². The zero-order valence-electron chi connectivity index (χ0n) is 13.5. The fourth-order valence-corrected chi connectivity index (χ4v) is 3.95. The first-order valence-electron chi connectivity index (χ1n) is 7.62. The molecule has 0 aromatic carbocycles. The normalized spacial score (nSPS) is 36.8. The number of aromatic nitrogens is 4. The van der Waals surface area contributed by atoms with Crippen LogP contribution in [-0.2, 0) is 25.8 Å². The standard InChI is InChI=1S/C13H18N5O5PS/c1-6-13(3-21-24(2,20)25)9(19)8(22-6)12(23-13)18-5-17-7-10(14)15-4-16-11(7)18/h4-6,8-9,12,19H,3H2,1-2H3,(H,20,25)(H2,14,15,16)/t6-,8-,9?,12+,13-,24?/m0/s1. The van der Waals surface area contributed by atoms with Crippen molar-refractivity contribution in [2.24, 2.45) is 0 Å². The molecule has 4 heterocycles. The average molecular weight is 387 g/mol. The van der Waals surface area contributed by atoms with Gasteiger partial charge in [0.2, 0.25) is 0 Å². The molecule has 12 heteroatoms. The second kappa shape index (κ2) is 5.65. The van der Waals surface area contributed by atoms with Crippen LogP contribution < -0.4 is 5.73 Å². The van der Waals surface area contributed by atoms with Crippen LogP contribution in [0.25, 0.3) is 11.2 Å². The highest BCUT2D eigenvalue weighted by molar-refractivity contribution is 8.09. The lowest BCUT2D eigenvalue weighted by Crippen LogP contribution is -2.49. The van der Waals surface area contributed by atoms with E-state index < -0.39 is 36.6 Å². The van der Waals surface area contributed by atoms with Gasteiger partial charge in [-0.15, -0.1) is 0 Å². The predicted octanol–water partition coefficient (Wildman–Crippen LogP) is -0.228. The monoisotopic (exact) mass is 387 g/mol. The van der Waals surface area contributed by atoms with Gasteiger partial charge < -0.3 is 29.7 Å². The molecule has 136 valence electrons. The van der Waals surface area contributed by atoms with E-state index in [0.29, 0.717) is 11.2 Å². The second-order valence-electron chi connectivity index (χ2n) is 6.31. The van der Waals surface area contributed by atoms with Gasteiger partial charge in [0, 0.05) is 6.66 Å². The lowest BCUT2D eigenvalue weighted by atomic mass is 9.94. The molecular weight excluding hydrogens is 369 g/mol. The molecule has 2 bridgehead atoms. The van der Waals surface area contributed by atoms with E-state index in [1.54, 1.807) is 11.5 Å². The van der Waals surface area contributed by atoms with E-state index in [4.69, 9.17) is 31.5 Å². The van der Waals surface area contributed by atoms with Crippen molar-refractivity contribution in [3.8, 4) is 0 Å². The molecule has 0 saturated carbocycles. The van der Waals surface area contributed by atoms with Gasteiger partial charge in [-0.1, -0.05) is 0 Å². The Kier molecular flexibility index (Phi) is 3.89. The molecule has 2 aromatic heterocycles. The number of anilines is 1. The van der Waals surface area contributed by atoms with E-state index in [9.17, 15) is 10.00 Å². The van der Waals surface area contributed by atoms with Crippen LogP contribution in [0.3, 0.4) is 0 Å². The van der Waals surface area contributed by atoms with Gasteiger partial charge in [-0.05, 0) is 18.7 Å².